The summed E-state index contributed by atoms with van der Waals surface area (Å²) in [6, 6.07) is 7.33. The van der Waals surface area contributed by atoms with Gasteiger partial charge in [-0.15, -0.1) is 0 Å². The summed E-state index contributed by atoms with van der Waals surface area (Å²) in [5.74, 6) is -1.32. The van der Waals surface area contributed by atoms with Crippen LogP contribution in [-0.4, -0.2) is 12.4 Å². The van der Waals surface area contributed by atoms with E-state index in [1.807, 2.05) is 0 Å². The number of carbonyl (C=O) groups is 1. The fraction of sp³-hybridized carbons (Fsp3) is 0.188. The molecule has 26 heavy (non-hydrogen) atoms. The Balaban J connectivity index is 2.39. The van der Waals surface area contributed by atoms with Crippen LogP contribution in [-0.2, 0) is 16.9 Å². The van der Waals surface area contributed by atoms with Crippen molar-refractivity contribution >= 4 is 19.5 Å². The number of para-hydroxylation sites is 1. The molecule has 2 aromatic rings. The van der Waals surface area contributed by atoms with Gasteiger partial charge in [-0.3, -0.25) is 9.36 Å². The van der Waals surface area contributed by atoms with Crippen LogP contribution in [0.4, 0.5) is 26.3 Å². The normalized spacial score (nSPS) is 12.2. The minimum Gasteiger partial charge on any atom is -0.484 e. The molecule has 0 amide bonds. The van der Waals surface area contributed by atoms with Gasteiger partial charge in [0.1, 0.15) is 5.75 Å². The van der Waals surface area contributed by atoms with Crippen LogP contribution in [0.2, 0.25) is 0 Å². The Morgan fingerprint density at radius 1 is 0.923 bits per heavy atom. The molecule has 0 heterocycles. The number of benzene rings is 2. The lowest BCUT2D eigenvalue weighted by molar-refractivity contribution is -0.162. The Hall–Kier alpha value is -2.41. The van der Waals surface area contributed by atoms with Crippen LogP contribution in [0, 0.1) is 0 Å². The van der Waals surface area contributed by atoms with Gasteiger partial charge in [0.25, 0.3) is 0 Å². The van der Waals surface area contributed by atoms with E-state index in [1.165, 1.54) is 24.3 Å². The molecule has 2 rings (SSSR count). The zero-order valence-corrected chi connectivity index (χ0v) is 13.6. The van der Waals surface area contributed by atoms with Crippen LogP contribution in [0.3, 0.4) is 0 Å². The summed E-state index contributed by atoms with van der Waals surface area (Å²) in [6.45, 7) is -0.947. The maximum absolute atomic E-state index is 13.1. The van der Waals surface area contributed by atoms with Gasteiger partial charge in [0, 0.05) is 5.56 Å². The van der Waals surface area contributed by atoms with Crippen LogP contribution in [0.5, 0.6) is 5.75 Å². The zero-order chi connectivity index (χ0) is 19.5. The fourth-order valence-electron chi connectivity index (χ4n) is 2.20. The second-order valence-electron chi connectivity index (χ2n) is 4.99. The molecule has 0 aliphatic carbocycles. The van der Waals surface area contributed by atoms with E-state index in [0.29, 0.717) is 6.07 Å². The first-order valence-electron chi connectivity index (χ1n) is 6.91. The summed E-state index contributed by atoms with van der Waals surface area (Å²) in [5, 5.41) is 0.139. The van der Waals surface area contributed by atoms with Crippen molar-refractivity contribution in [3.63, 3.8) is 0 Å². The smallest absolute Gasteiger partial charge is 0.417 e. The van der Waals surface area contributed by atoms with Crippen molar-refractivity contribution in [2.75, 3.05) is 6.61 Å². The van der Waals surface area contributed by atoms with Crippen molar-refractivity contribution in [1.29, 1.82) is 0 Å². The van der Waals surface area contributed by atoms with Crippen molar-refractivity contribution < 1.29 is 40.4 Å². The molecular formula is C16H9F6O3P. The third kappa shape index (κ3) is 4.40. The molecule has 0 radical (unpaired) electrons. The quantitative estimate of drug-likeness (QED) is 0.412. The number of rotatable bonds is 5. The average Bonchev–Trinajstić information content (AvgIpc) is 2.57. The van der Waals surface area contributed by atoms with E-state index in [2.05, 4.69) is 0 Å². The van der Waals surface area contributed by atoms with Crippen LogP contribution in [0.1, 0.15) is 21.5 Å². The van der Waals surface area contributed by atoms with Gasteiger partial charge in [0.2, 0.25) is 5.78 Å². The molecule has 0 N–H and O–H groups in total. The first-order valence-corrected chi connectivity index (χ1v) is 7.72. The van der Waals surface area contributed by atoms with Crippen molar-refractivity contribution in [3.8, 4) is 5.75 Å². The number of Topliss-reactive ketones (excluding diaryl/α,β-unsaturated/α-hetero) is 1. The van der Waals surface area contributed by atoms with Crippen LogP contribution >= 0.6 is 8.46 Å². The number of hydrogen-bond acceptors (Lipinski definition) is 3. The van der Waals surface area contributed by atoms with Gasteiger partial charge in [-0.25, -0.2) is 0 Å². The second-order valence-corrected chi connectivity index (χ2v) is 5.66. The molecule has 0 saturated heterocycles. The first-order chi connectivity index (χ1) is 12.1. The zero-order valence-electron chi connectivity index (χ0n) is 12.7. The molecule has 0 bridgehead atoms. The maximum Gasteiger partial charge on any atom is 0.417 e. The van der Waals surface area contributed by atoms with Gasteiger partial charge in [0.15, 0.2) is 15.1 Å². The molecule has 2 aromatic carbocycles. The predicted molar refractivity (Wildman–Crippen MR) is 80.0 cm³/mol. The van der Waals surface area contributed by atoms with Gasteiger partial charge in [0.05, 0.1) is 16.4 Å². The standard InChI is InChI=1S/C16H9F6O3P/c17-15(18,19)10-5-3-4-9(14(10)16(20,21)22)11(23)8-25-12-6-1-2-7-13(12)26-24/h1-7H,8H2. The summed E-state index contributed by atoms with van der Waals surface area (Å²) in [7, 11) is -0.448. The Morgan fingerprint density at radius 3 is 2.15 bits per heavy atom. The molecule has 0 saturated carbocycles. The topological polar surface area (TPSA) is 43.4 Å². The Labute approximate surface area is 144 Å². The molecule has 138 valence electrons. The van der Waals surface area contributed by atoms with E-state index < -0.39 is 49.9 Å². The Kier molecular flexibility index (Phi) is 5.71. The van der Waals surface area contributed by atoms with Crippen molar-refractivity contribution in [3.05, 3.63) is 59.2 Å². The van der Waals surface area contributed by atoms with Crippen LogP contribution in [0.15, 0.2) is 42.5 Å². The number of hydrogen-bond donors (Lipinski definition) is 0. The highest BCUT2D eigenvalue weighted by atomic mass is 31.1. The minimum atomic E-state index is -5.39. The van der Waals surface area contributed by atoms with Crippen LogP contribution < -0.4 is 10.0 Å². The van der Waals surface area contributed by atoms with Gasteiger partial charge in [-0.05, 0) is 18.2 Å². The monoisotopic (exact) mass is 394 g/mol. The molecule has 0 aliphatic heterocycles. The Morgan fingerprint density at radius 2 is 1.58 bits per heavy atom. The van der Waals surface area contributed by atoms with E-state index in [0.717, 1.165) is 6.07 Å². The number of carbonyl (C=O) groups excluding carboxylic acids is 1. The SMILES string of the molecule is O=Pc1ccccc1OCC(=O)c1cccc(C(F)(F)F)c1C(F)(F)F. The fourth-order valence-corrected chi connectivity index (χ4v) is 2.58. The van der Waals surface area contributed by atoms with E-state index in [1.54, 1.807) is 0 Å². The lowest BCUT2D eigenvalue weighted by Crippen LogP contribution is -2.23. The molecule has 0 aromatic heterocycles. The first kappa shape index (κ1) is 19.9. The molecule has 10 heteroatoms. The molecule has 0 unspecified atom stereocenters. The van der Waals surface area contributed by atoms with Crippen molar-refractivity contribution in [2.24, 2.45) is 0 Å². The van der Waals surface area contributed by atoms with Crippen LogP contribution in [0.25, 0.3) is 0 Å². The molecule has 0 aliphatic rings. The highest BCUT2D eigenvalue weighted by Gasteiger charge is 2.45. The largest absolute Gasteiger partial charge is 0.484 e. The highest BCUT2D eigenvalue weighted by molar-refractivity contribution is 7.34. The third-order valence-electron chi connectivity index (χ3n) is 3.28. The van der Waals surface area contributed by atoms with Gasteiger partial charge >= 0.3 is 12.4 Å². The average molecular weight is 394 g/mol. The second kappa shape index (κ2) is 7.45. The summed E-state index contributed by atoms with van der Waals surface area (Å²) < 4.78 is 94.1. The van der Waals surface area contributed by atoms with Crippen molar-refractivity contribution in [1.82, 2.24) is 0 Å². The predicted octanol–water partition coefficient (Wildman–Crippen LogP) is 4.90. The summed E-state index contributed by atoms with van der Waals surface area (Å²) in [6.07, 6.45) is -10.7. The molecular weight excluding hydrogens is 385 g/mol. The number of ketones is 1. The van der Waals surface area contributed by atoms with E-state index in [9.17, 15) is 35.7 Å². The van der Waals surface area contributed by atoms with Gasteiger partial charge < -0.3 is 4.74 Å². The lowest BCUT2D eigenvalue weighted by Gasteiger charge is -2.18. The Bertz CT molecular complexity index is 829. The lowest BCUT2D eigenvalue weighted by atomic mass is 9.97. The molecule has 0 atom stereocenters. The van der Waals surface area contributed by atoms with Gasteiger partial charge in [-0.2, -0.15) is 26.3 Å². The van der Waals surface area contributed by atoms with E-state index >= 15 is 0 Å². The van der Waals surface area contributed by atoms with E-state index in [4.69, 9.17) is 4.74 Å². The number of ether oxygens (including phenoxy) is 1. The summed E-state index contributed by atoms with van der Waals surface area (Å²) in [5.41, 5.74) is -5.16. The maximum atomic E-state index is 13.1. The van der Waals surface area contributed by atoms with Gasteiger partial charge in [-0.1, -0.05) is 24.3 Å². The molecule has 0 fully saturated rings. The molecule has 3 nitrogen and oxygen atoms in total. The third-order valence-corrected chi connectivity index (χ3v) is 3.84. The minimum absolute atomic E-state index is 0.0296. The number of alkyl halides is 6. The summed E-state index contributed by atoms with van der Waals surface area (Å²) in [4.78, 5) is 12.1. The van der Waals surface area contributed by atoms with E-state index in [-0.39, 0.29) is 17.1 Å². The highest BCUT2D eigenvalue weighted by Crippen LogP contribution is 2.42. The summed E-state index contributed by atoms with van der Waals surface area (Å²) >= 11 is 0. The molecule has 0 spiro atoms. The van der Waals surface area contributed by atoms with Crippen molar-refractivity contribution in [2.45, 2.75) is 12.4 Å². The number of halogens is 6.